The first-order chi connectivity index (χ1) is 7.67. The van der Waals surface area contributed by atoms with Gasteiger partial charge in [0.2, 0.25) is 0 Å². The first kappa shape index (κ1) is 13.1. The number of hydrazine groups is 1. The second kappa shape index (κ2) is 6.55. The number of carbonyl (C=O) groups excluding carboxylic acids is 1. The molecule has 0 bridgehead atoms. The van der Waals surface area contributed by atoms with E-state index in [0.29, 0.717) is 10.8 Å². The van der Waals surface area contributed by atoms with Crippen molar-refractivity contribution in [2.24, 2.45) is 5.84 Å². The normalized spacial score (nSPS) is 12.2. The number of hydrogen-bond donors (Lipinski definition) is 2. The van der Waals surface area contributed by atoms with Crippen LogP contribution in [0.2, 0.25) is 0 Å². The van der Waals surface area contributed by atoms with Crippen molar-refractivity contribution in [2.45, 2.75) is 31.3 Å². The zero-order valence-electron chi connectivity index (χ0n) is 9.69. The van der Waals surface area contributed by atoms with E-state index in [1.807, 2.05) is 23.9 Å². The summed E-state index contributed by atoms with van der Waals surface area (Å²) >= 11 is 1.92. The van der Waals surface area contributed by atoms with Gasteiger partial charge >= 0.3 is 0 Å². The van der Waals surface area contributed by atoms with Crippen molar-refractivity contribution in [1.29, 1.82) is 0 Å². The smallest absolute Gasteiger partial charge is 0.265 e. The number of nitrogen functional groups attached to an aromatic ring is 1. The fourth-order valence-electron chi connectivity index (χ4n) is 1.19. The van der Waals surface area contributed by atoms with Crippen LogP contribution in [0.3, 0.4) is 0 Å². The van der Waals surface area contributed by atoms with Crippen molar-refractivity contribution >= 4 is 17.7 Å². The molecule has 4 heteroatoms. The predicted molar refractivity (Wildman–Crippen MR) is 69.1 cm³/mol. The number of nitrogens with one attached hydrogen (secondary N) is 1. The van der Waals surface area contributed by atoms with E-state index in [1.54, 1.807) is 12.1 Å². The lowest BCUT2D eigenvalue weighted by Gasteiger charge is -2.08. The monoisotopic (exact) mass is 238 g/mol. The van der Waals surface area contributed by atoms with Crippen LogP contribution in [0, 0.1) is 0 Å². The van der Waals surface area contributed by atoms with E-state index < -0.39 is 0 Å². The van der Waals surface area contributed by atoms with Gasteiger partial charge in [-0.2, -0.15) is 11.8 Å². The molecule has 0 aromatic heterocycles. The van der Waals surface area contributed by atoms with Gasteiger partial charge in [0.05, 0.1) is 0 Å². The number of thioether (sulfide) groups is 1. The highest BCUT2D eigenvalue weighted by molar-refractivity contribution is 7.99. The quantitative estimate of drug-likeness (QED) is 0.470. The van der Waals surface area contributed by atoms with Crippen LogP contribution in [0.5, 0.6) is 0 Å². The van der Waals surface area contributed by atoms with Gasteiger partial charge in [0.15, 0.2) is 0 Å². The second-order valence-corrected chi connectivity index (χ2v) is 5.13. The van der Waals surface area contributed by atoms with Crippen molar-refractivity contribution in [1.82, 2.24) is 5.43 Å². The summed E-state index contributed by atoms with van der Waals surface area (Å²) in [6, 6.07) is 7.54. The molecule has 0 saturated heterocycles. The lowest BCUT2D eigenvalue weighted by molar-refractivity contribution is 0.0953. The van der Waals surface area contributed by atoms with Gasteiger partial charge in [0, 0.05) is 16.6 Å². The van der Waals surface area contributed by atoms with Crippen LogP contribution in [0.15, 0.2) is 24.3 Å². The number of carbonyl (C=O) groups is 1. The van der Waals surface area contributed by atoms with Crippen LogP contribution >= 0.6 is 11.8 Å². The summed E-state index contributed by atoms with van der Waals surface area (Å²) in [7, 11) is 0. The molecule has 0 fully saturated rings. The Bertz CT molecular complexity index is 337. The van der Waals surface area contributed by atoms with Crippen LogP contribution in [0.4, 0.5) is 0 Å². The third-order valence-electron chi connectivity index (χ3n) is 2.46. The zero-order valence-corrected chi connectivity index (χ0v) is 10.5. The molecule has 1 rings (SSSR count). The van der Waals surface area contributed by atoms with E-state index in [4.69, 9.17) is 5.84 Å². The fraction of sp³-hybridized carbons (Fsp3) is 0.417. The Morgan fingerprint density at radius 3 is 2.56 bits per heavy atom. The lowest BCUT2D eigenvalue weighted by atomic mass is 10.1. The van der Waals surface area contributed by atoms with E-state index in [9.17, 15) is 4.79 Å². The molecule has 1 aromatic carbocycles. The minimum Gasteiger partial charge on any atom is -0.290 e. The van der Waals surface area contributed by atoms with Gasteiger partial charge in [0.25, 0.3) is 5.91 Å². The lowest BCUT2D eigenvalue weighted by Crippen LogP contribution is -2.29. The summed E-state index contributed by atoms with van der Waals surface area (Å²) in [4.78, 5) is 11.2. The summed E-state index contributed by atoms with van der Waals surface area (Å²) in [5, 5.41) is 0.673. The topological polar surface area (TPSA) is 55.1 Å². The molecular weight excluding hydrogens is 220 g/mol. The number of rotatable bonds is 5. The molecule has 3 N–H and O–H groups in total. The average Bonchev–Trinajstić information content (AvgIpc) is 2.35. The Labute approximate surface area is 101 Å². The van der Waals surface area contributed by atoms with Crippen LogP contribution in [-0.4, -0.2) is 11.2 Å². The van der Waals surface area contributed by atoms with Crippen molar-refractivity contribution in [3.63, 3.8) is 0 Å². The molecule has 1 atom stereocenters. The van der Waals surface area contributed by atoms with E-state index >= 15 is 0 Å². The van der Waals surface area contributed by atoms with Crippen LogP contribution in [0.1, 0.15) is 36.2 Å². The summed E-state index contributed by atoms with van der Waals surface area (Å²) in [6.07, 6.45) is 1.18. The maximum Gasteiger partial charge on any atom is 0.265 e. The summed E-state index contributed by atoms with van der Waals surface area (Å²) in [5.41, 5.74) is 3.95. The first-order valence-corrected chi connectivity index (χ1v) is 6.43. The molecule has 0 aliphatic rings. The predicted octanol–water partition coefficient (Wildman–Crippen LogP) is 2.32. The Balaban J connectivity index is 2.54. The molecule has 1 unspecified atom stereocenters. The minimum absolute atomic E-state index is 0.249. The molecule has 88 valence electrons. The van der Waals surface area contributed by atoms with Gasteiger partial charge in [-0.25, -0.2) is 5.84 Å². The van der Waals surface area contributed by atoms with Crippen molar-refractivity contribution < 1.29 is 4.79 Å². The van der Waals surface area contributed by atoms with E-state index in [1.165, 1.54) is 12.0 Å². The van der Waals surface area contributed by atoms with Crippen molar-refractivity contribution in [3.05, 3.63) is 35.4 Å². The largest absolute Gasteiger partial charge is 0.290 e. The maximum atomic E-state index is 11.2. The summed E-state index contributed by atoms with van der Waals surface area (Å²) in [6.45, 7) is 4.41. The van der Waals surface area contributed by atoms with E-state index in [2.05, 4.69) is 19.3 Å². The molecule has 0 saturated carbocycles. The Kier molecular flexibility index (Phi) is 5.35. The first-order valence-electron chi connectivity index (χ1n) is 5.38. The molecular formula is C12H18N2OS. The molecule has 3 nitrogen and oxygen atoms in total. The summed E-state index contributed by atoms with van der Waals surface area (Å²) in [5.74, 6) is 5.79. The molecule has 0 spiro atoms. The third-order valence-corrected chi connectivity index (χ3v) is 3.86. The Morgan fingerprint density at radius 1 is 1.44 bits per heavy atom. The van der Waals surface area contributed by atoms with Crippen molar-refractivity contribution in [2.75, 3.05) is 0 Å². The van der Waals surface area contributed by atoms with Gasteiger partial charge in [-0.15, -0.1) is 0 Å². The Morgan fingerprint density at radius 2 is 2.06 bits per heavy atom. The zero-order chi connectivity index (χ0) is 12.0. The van der Waals surface area contributed by atoms with Crippen LogP contribution < -0.4 is 11.3 Å². The molecule has 16 heavy (non-hydrogen) atoms. The molecule has 0 heterocycles. The van der Waals surface area contributed by atoms with E-state index in [0.717, 1.165) is 5.75 Å². The SMILES string of the molecule is CCC(C)SCc1ccc(C(=O)NN)cc1. The highest BCUT2D eigenvalue weighted by Gasteiger charge is 2.04. The number of hydrogen-bond acceptors (Lipinski definition) is 3. The molecule has 0 aliphatic heterocycles. The van der Waals surface area contributed by atoms with Gasteiger partial charge < -0.3 is 0 Å². The average molecular weight is 238 g/mol. The standard InChI is InChI=1S/C12H18N2OS/c1-3-9(2)16-8-10-4-6-11(7-5-10)12(15)14-13/h4-7,9H,3,8,13H2,1-2H3,(H,14,15). The highest BCUT2D eigenvalue weighted by Crippen LogP contribution is 2.19. The fourth-order valence-corrected chi connectivity index (χ4v) is 2.10. The highest BCUT2D eigenvalue weighted by atomic mass is 32.2. The third kappa shape index (κ3) is 3.87. The molecule has 0 radical (unpaired) electrons. The Hall–Kier alpha value is -1.00. The van der Waals surface area contributed by atoms with Gasteiger partial charge in [0.1, 0.15) is 0 Å². The van der Waals surface area contributed by atoms with Gasteiger partial charge in [-0.05, 0) is 24.1 Å². The van der Waals surface area contributed by atoms with Crippen molar-refractivity contribution in [3.8, 4) is 0 Å². The molecule has 0 aliphatic carbocycles. The second-order valence-electron chi connectivity index (χ2n) is 3.70. The number of benzene rings is 1. The minimum atomic E-state index is -0.249. The maximum absolute atomic E-state index is 11.2. The molecule has 1 amide bonds. The number of amides is 1. The van der Waals surface area contributed by atoms with Gasteiger partial charge in [-0.1, -0.05) is 26.0 Å². The van der Waals surface area contributed by atoms with Crippen LogP contribution in [0.25, 0.3) is 0 Å². The summed E-state index contributed by atoms with van der Waals surface area (Å²) < 4.78 is 0. The molecule has 1 aromatic rings. The van der Waals surface area contributed by atoms with E-state index in [-0.39, 0.29) is 5.91 Å². The van der Waals surface area contributed by atoms with Crippen LogP contribution in [-0.2, 0) is 5.75 Å². The number of nitrogens with two attached hydrogens (primary N) is 1. The van der Waals surface area contributed by atoms with Gasteiger partial charge in [-0.3, -0.25) is 10.2 Å².